The van der Waals surface area contributed by atoms with E-state index < -0.39 is 14.9 Å². The molecule has 1 aromatic carbocycles. The highest BCUT2D eigenvalue weighted by Crippen LogP contribution is 2.33. The van der Waals surface area contributed by atoms with Gasteiger partial charge in [-0.2, -0.15) is 16.1 Å². The Bertz CT molecular complexity index is 665. The van der Waals surface area contributed by atoms with Crippen LogP contribution in [0.1, 0.15) is 13.8 Å². The van der Waals surface area contributed by atoms with Gasteiger partial charge in [0.2, 0.25) is 10.0 Å². The average molecular weight is 351 g/mol. The van der Waals surface area contributed by atoms with Crippen molar-refractivity contribution >= 4 is 39.1 Å². The van der Waals surface area contributed by atoms with E-state index in [0.29, 0.717) is 12.3 Å². The second kappa shape index (κ2) is 6.12. The molecule has 0 amide bonds. The molecule has 0 spiro atoms. The Morgan fingerprint density at radius 3 is 2.71 bits per heavy atom. The monoisotopic (exact) mass is 350 g/mol. The predicted octanol–water partition coefficient (Wildman–Crippen LogP) is 2.76. The van der Waals surface area contributed by atoms with Crippen LogP contribution in [-0.2, 0) is 10.0 Å². The van der Waals surface area contributed by atoms with Crippen LogP contribution in [0, 0.1) is 10.1 Å². The quantitative estimate of drug-likeness (QED) is 0.618. The van der Waals surface area contributed by atoms with Crippen LogP contribution in [0.15, 0.2) is 23.1 Å². The van der Waals surface area contributed by atoms with Gasteiger partial charge < -0.3 is 0 Å². The van der Waals surface area contributed by atoms with Gasteiger partial charge in [-0.25, -0.2) is 8.42 Å². The lowest BCUT2D eigenvalue weighted by molar-refractivity contribution is -0.385. The third-order valence-corrected chi connectivity index (χ3v) is 7.34. The number of thioether (sulfide) groups is 1. The summed E-state index contributed by atoms with van der Waals surface area (Å²) in [4.78, 5) is 10.00. The lowest BCUT2D eigenvalue weighted by atomic mass is 10.2. The van der Waals surface area contributed by atoms with Crippen LogP contribution in [0.3, 0.4) is 0 Å². The fourth-order valence-corrected chi connectivity index (χ4v) is 5.67. The van der Waals surface area contributed by atoms with Crippen molar-refractivity contribution in [2.75, 3.05) is 12.3 Å². The Labute approximate surface area is 132 Å². The number of hydrogen-bond acceptors (Lipinski definition) is 5. The van der Waals surface area contributed by atoms with Crippen molar-refractivity contribution < 1.29 is 13.3 Å². The summed E-state index contributed by atoms with van der Waals surface area (Å²) in [5.74, 6) is 0.692. The molecule has 0 aliphatic carbocycles. The molecule has 1 aliphatic rings. The van der Waals surface area contributed by atoms with Gasteiger partial charge in [0.15, 0.2) is 0 Å². The highest BCUT2D eigenvalue weighted by molar-refractivity contribution is 8.00. The summed E-state index contributed by atoms with van der Waals surface area (Å²) in [6, 6.07) is 3.28. The van der Waals surface area contributed by atoms with Crippen molar-refractivity contribution in [1.82, 2.24) is 4.31 Å². The molecule has 1 saturated heterocycles. The van der Waals surface area contributed by atoms with Gasteiger partial charge in [-0.3, -0.25) is 10.1 Å². The zero-order valence-electron chi connectivity index (χ0n) is 11.5. The van der Waals surface area contributed by atoms with E-state index in [9.17, 15) is 18.5 Å². The summed E-state index contributed by atoms with van der Waals surface area (Å²) in [6.07, 6.45) is 0. The maximum atomic E-state index is 12.7. The molecule has 1 aliphatic heterocycles. The van der Waals surface area contributed by atoms with Gasteiger partial charge in [-0.1, -0.05) is 18.5 Å². The Hall–Kier alpha value is -0.830. The molecule has 2 unspecified atom stereocenters. The number of hydrogen-bond donors (Lipinski definition) is 0. The third kappa shape index (κ3) is 3.18. The van der Waals surface area contributed by atoms with E-state index in [2.05, 4.69) is 0 Å². The lowest BCUT2D eigenvalue weighted by Gasteiger charge is -2.36. The van der Waals surface area contributed by atoms with Crippen LogP contribution in [0.2, 0.25) is 5.02 Å². The summed E-state index contributed by atoms with van der Waals surface area (Å²) < 4.78 is 26.9. The molecule has 0 radical (unpaired) electrons. The zero-order valence-corrected chi connectivity index (χ0v) is 13.9. The van der Waals surface area contributed by atoms with E-state index in [0.717, 1.165) is 6.07 Å². The van der Waals surface area contributed by atoms with Gasteiger partial charge in [0.1, 0.15) is 4.90 Å². The number of nitro groups is 1. The summed E-state index contributed by atoms with van der Waals surface area (Å²) in [5, 5.41) is 11.0. The lowest BCUT2D eigenvalue weighted by Crippen LogP contribution is -2.47. The first-order valence-corrected chi connectivity index (χ1v) is 9.19. The highest BCUT2D eigenvalue weighted by Gasteiger charge is 2.36. The zero-order chi connectivity index (χ0) is 15.8. The van der Waals surface area contributed by atoms with Crippen LogP contribution in [0.5, 0.6) is 0 Å². The molecule has 0 saturated carbocycles. The van der Waals surface area contributed by atoms with Crippen LogP contribution in [0.25, 0.3) is 0 Å². The number of nitro benzene ring substituents is 1. The summed E-state index contributed by atoms with van der Waals surface area (Å²) in [7, 11) is -3.85. The van der Waals surface area contributed by atoms with Crippen molar-refractivity contribution in [1.29, 1.82) is 0 Å². The van der Waals surface area contributed by atoms with E-state index in [1.54, 1.807) is 11.8 Å². The summed E-state index contributed by atoms with van der Waals surface area (Å²) >= 11 is 7.66. The number of halogens is 1. The van der Waals surface area contributed by atoms with E-state index >= 15 is 0 Å². The average Bonchev–Trinajstić information content (AvgIpc) is 2.41. The molecular formula is C12H15ClN2O4S2. The standard InChI is InChI=1S/C12H15ClN2O4S2/c1-8-9(2)20-6-5-14(8)21(18,19)12-7-10(15(16)17)3-4-11(12)13/h3-4,7-9H,5-6H2,1-2H3. The van der Waals surface area contributed by atoms with Crippen molar-refractivity contribution in [2.45, 2.75) is 30.0 Å². The molecule has 21 heavy (non-hydrogen) atoms. The fraction of sp³-hybridized carbons (Fsp3) is 0.500. The molecular weight excluding hydrogens is 336 g/mol. The highest BCUT2D eigenvalue weighted by atomic mass is 35.5. The first-order valence-electron chi connectivity index (χ1n) is 6.32. The largest absolute Gasteiger partial charge is 0.270 e. The van der Waals surface area contributed by atoms with Gasteiger partial charge in [-0.05, 0) is 13.0 Å². The maximum Gasteiger partial charge on any atom is 0.270 e. The molecule has 0 N–H and O–H groups in total. The van der Waals surface area contributed by atoms with Crippen LogP contribution in [0.4, 0.5) is 5.69 Å². The van der Waals surface area contributed by atoms with E-state index in [1.165, 1.54) is 16.4 Å². The molecule has 2 atom stereocenters. The molecule has 1 heterocycles. The van der Waals surface area contributed by atoms with Crippen LogP contribution in [-0.4, -0.2) is 41.2 Å². The second-order valence-electron chi connectivity index (χ2n) is 4.80. The first-order chi connectivity index (χ1) is 9.75. The van der Waals surface area contributed by atoms with Crippen molar-refractivity contribution in [3.63, 3.8) is 0 Å². The Balaban J connectivity index is 2.48. The third-order valence-electron chi connectivity index (χ3n) is 3.54. The number of rotatable bonds is 3. The van der Waals surface area contributed by atoms with Crippen molar-refractivity contribution in [2.24, 2.45) is 0 Å². The minimum Gasteiger partial charge on any atom is -0.258 e. The fourth-order valence-electron chi connectivity index (χ4n) is 2.17. The molecule has 9 heteroatoms. The van der Waals surface area contributed by atoms with E-state index in [-0.39, 0.29) is 26.9 Å². The minimum atomic E-state index is -3.85. The van der Waals surface area contributed by atoms with Gasteiger partial charge in [0.05, 0.1) is 9.95 Å². The molecule has 0 bridgehead atoms. The summed E-state index contributed by atoms with van der Waals surface area (Å²) in [5.41, 5.74) is -0.287. The second-order valence-corrected chi connectivity index (χ2v) is 8.56. The topological polar surface area (TPSA) is 80.5 Å². The van der Waals surface area contributed by atoms with E-state index in [4.69, 9.17) is 11.6 Å². The Morgan fingerprint density at radius 2 is 2.10 bits per heavy atom. The molecule has 1 fully saturated rings. The number of sulfonamides is 1. The van der Waals surface area contributed by atoms with E-state index in [1.807, 2.05) is 13.8 Å². The minimum absolute atomic E-state index is 0.00122. The number of non-ortho nitro benzene ring substituents is 1. The predicted molar refractivity (Wildman–Crippen MR) is 83.4 cm³/mol. The molecule has 1 aromatic rings. The smallest absolute Gasteiger partial charge is 0.258 e. The molecule has 6 nitrogen and oxygen atoms in total. The summed E-state index contributed by atoms with van der Waals surface area (Å²) in [6.45, 7) is 4.17. The van der Waals surface area contributed by atoms with Gasteiger partial charge >= 0.3 is 0 Å². The van der Waals surface area contributed by atoms with Crippen molar-refractivity contribution in [3.8, 4) is 0 Å². The van der Waals surface area contributed by atoms with Gasteiger partial charge in [0, 0.05) is 35.7 Å². The molecule has 2 rings (SSSR count). The number of benzene rings is 1. The molecule has 0 aromatic heterocycles. The van der Waals surface area contributed by atoms with Crippen LogP contribution < -0.4 is 0 Å². The van der Waals surface area contributed by atoms with Gasteiger partial charge in [-0.15, -0.1) is 0 Å². The van der Waals surface area contributed by atoms with Gasteiger partial charge in [0.25, 0.3) is 5.69 Å². The maximum absolute atomic E-state index is 12.7. The Morgan fingerprint density at radius 1 is 1.43 bits per heavy atom. The SMILES string of the molecule is CC1SCCN(S(=O)(=O)c2cc([N+](=O)[O-])ccc2Cl)C1C. The molecule has 116 valence electrons. The number of nitrogens with zero attached hydrogens (tertiary/aromatic N) is 2. The van der Waals surface area contributed by atoms with Crippen LogP contribution >= 0.6 is 23.4 Å². The first kappa shape index (κ1) is 16.5. The Kier molecular flexibility index (Phi) is 4.82. The normalized spacial score (nSPS) is 24.0. The van der Waals surface area contributed by atoms with Crippen molar-refractivity contribution in [3.05, 3.63) is 33.3 Å².